The van der Waals surface area contributed by atoms with Crippen molar-refractivity contribution in [2.24, 2.45) is 11.7 Å². The van der Waals surface area contributed by atoms with Crippen molar-refractivity contribution >= 4 is 35.2 Å². The molecule has 2 aromatic rings. The molecule has 0 radical (unpaired) electrons. The summed E-state index contributed by atoms with van der Waals surface area (Å²) in [6.45, 7) is 2.40. The van der Waals surface area contributed by atoms with E-state index in [1.807, 2.05) is 30.3 Å². The van der Waals surface area contributed by atoms with E-state index in [0.717, 1.165) is 36.2 Å². The van der Waals surface area contributed by atoms with Crippen molar-refractivity contribution in [3.05, 3.63) is 64.2 Å². The van der Waals surface area contributed by atoms with Gasteiger partial charge >= 0.3 is 0 Å². The molecule has 2 heterocycles. The second-order valence-corrected chi connectivity index (χ2v) is 8.16. The van der Waals surface area contributed by atoms with Gasteiger partial charge in [0.25, 0.3) is 5.91 Å². The number of para-hydroxylation sites is 1. The van der Waals surface area contributed by atoms with E-state index in [1.165, 1.54) is 0 Å². The van der Waals surface area contributed by atoms with E-state index in [9.17, 15) is 9.59 Å². The van der Waals surface area contributed by atoms with Crippen LogP contribution < -0.4 is 15.8 Å². The van der Waals surface area contributed by atoms with Crippen molar-refractivity contribution in [3.8, 4) is 5.75 Å². The number of hydrogen-bond donors (Lipinski definition) is 2. The molecule has 0 aromatic heterocycles. The van der Waals surface area contributed by atoms with Crippen molar-refractivity contribution in [1.29, 1.82) is 0 Å². The van der Waals surface area contributed by atoms with Gasteiger partial charge in [0.1, 0.15) is 12.4 Å². The summed E-state index contributed by atoms with van der Waals surface area (Å²) in [7, 11) is 0. The normalized spacial score (nSPS) is 18.7. The van der Waals surface area contributed by atoms with Crippen LogP contribution in [-0.2, 0) is 16.1 Å². The maximum Gasteiger partial charge on any atom is 0.255 e. The van der Waals surface area contributed by atoms with Crippen molar-refractivity contribution in [3.63, 3.8) is 0 Å². The van der Waals surface area contributed by atoms with Crippen LogP contribution in [0.15, 0.2) is 48.0 Å². The Morgan fingerprint density at radius 3 is 2.90 bits per heavy atom. The lowest BCUT2D eigenvalue weighted by Crippen LogP contribution is -2.40. The molecule has 156 valence electrons. The zero-order valence-electron chi connectivity index (χ0n) is 16.6. The summed E-state index contributed by atoms with van der Waals surface area (Å²) < 4.78 is 5.70. The fraction of sp³-hybridized carbons (Fsp3) is 0.304. The molecule has 4 rings (SSSR count). The average molecular weight is 426 g/mol. The Morgan fingerprint density at radius 2 is 2.07 bits per heavy atom. The van der Waals surface area contributed by atoms with Crippen molar-refractivity contribution in [1.82, 2.24) is 4.90 Å². The molecule has 2 aliphatic rings. The van der Waals surface area contributed by atoms with Crippen molar-refractivity contribution in [2.45, 2.75) is 19.4 Å². The van der Waals surface area contributed by atoms with Gasteiger partial charge in [-0.3, -0.25) is 14.5 Å². The standard InChI is InChI=1S/C23H24ClN3O3/c24-19-7-8-21-17(11-19)10-18(14-30-21)23(29)26-20-6-2-1-4-15(20)12-27-9-3-5-16(13-27)22(25)28/h1-2,4,6-8,10-11,16H,3,5,9,12-14H2,(H2,25,28)(H,26,29). The average Bonchev–Trinajstić information content (AvgIpc) is 2.74. The number of primary amides is 1. The van der Waals surface area contributed by atoms with Gasteiger partial charge in [0, 0.05) is 29.4 Å². The Bertz CT molecular complexity index is 1000. The molecule has 1 fully saturated rings. The molecule has 2 aromatic carbocycles. The summed E-state index contributed by atoms with van der Waals surface area (Å²) in [6.07, 6.45) is 3.59. The zero-order chi connectivity index (χ0) is 21.1. The number of carbonyl (C=O) groups is 2. The van der Waals surface area contributed by atoms with Gasteiger partial charge in [-0.15, -0.1) is 0 Å². The molecule has 1 unspecified atom stereocenters. The molecule has 0 saturated carbocycles. The first-order chi connectivity index (χ1) is 14.5. The van der Waals surface area contributed by atoms with Crippen LogP contribution in [0.1, 0.15) is 24.0 Å². The number of benzene rings is 2. The predicted octanol–water partition coefficient (Wildman–Crippen LogP) is 3.45. The zero-order valence-corrected chi connectivity index (χ0v) is 17.3. The third-order valence-electron chi connectivity index (χ3n) is 5.54. The second-order valence-electron chi connectivity index (χ2n) is 7.73. The topological polar surface area (TPSA) is 84.7 Å². The van der Waals surface area contributed by atoms with Gasteiger partial charge in [-0.2, -0.15) is 0 Å². The monoisotopic (exact) mass is 425 g/mol. The number of nitrogens with zero attached hydrogens (tertiary/aromatic N) is 1. The number of nitrogens with one attached hydrogen (secondary N) is 1. The largest absolute Gasteiger partial charge is 0.488 e. The third kappa shape index (κ3) is 4.66. The third-order valence-corrected chi connectivity index (χ3v) is 5.78. The van der Waals surface area contributed by atoms with Gasteiger partial charge in [0.05, 0.1) is 11.5 Å². The van der Waals surface area contributed by atoms with Crippen LogP contribution in [-0.4, -0.2) is 36.4 Å². The maximum absolute atomic E-state index is 12.9. The predicted molar refractivity (Wildman–Crippen MR) is 117 cm³/mol. The molecule has 1 saturated heterocycles. The number of likely N-dealkylation sites (tertiary alicyclic amines) is 1. The van der Waals surface area contributed by atoms with Gasteiger partial charge in [-0.1, -0.05) is 29.8 Å². The van der Waals surface area contributed by atoms with E-state index in [2.05, 4.69) is 10.2 Å². The van der Waals surface area contributed by atoms with Gasteiger partial charge < -0.3 is 15.8 Å². The number of halogens is 1. The maximum atomic E-state index is 12.9. The summed E-state index contributed by atoms with van der Waals surface area (Å²) >= 11 is 6.06. The van der Waals surface area contributed by atoms with Crippen LogP contribution in [0.5, 0.6) is 5.75 Å². The van der Waals surface area contributed by atoms with Crippen molar-refractivity contribution < 1.29 is 14.3 Å². The molecule has 0 aliphatic carbocycles. The Labute approximate surface area is 180 Å². The smallest absolute Gasteiger partial charge is 0.255 e. The van der Waals surface area contributed by atoms with E-state index in [0.29, 0.717) is 29.4 Å². The number of carbonyl (C=O) groups excluding carboxylic acids is 2. The highest BCUT2D eigenvalue weighted by Crippen LogP contribution is 2.30. The van der Waals surface area contributed by atoms with E-state index in [4.69, 9.17) is 22.1 Å². The van der Waals surface area contributed by atoms with E-state index < -0.39 is 0 Å². The fourth-order valence-corrected chi connectivity index (χ4v) is 4.12. The Morgan fingerprint density at radius 1 is 1.23 bits per heavy atom. The molecule has 2 amide bonds. The first kappa shape index (κ1) is 20.4. The van der Waals surface area contributed by atoms with E-state index >= 15 is 0 Å². The molecule has 0 spiro atoms. The van der Waals surface area contributed by atoms with Crippen molar-refractivity contribution in [2.75, 3.05) is 25.0 Å². The number of rotatable bonds is 5. The summed E-state index contributed by atoms with van der Waals surface area (Å²) in [5, 5.41) is 3.60. The number of ether oxygens (including phenoxy) is 1. The number of amides is 2. The van der Waals surface area contributed by atoms with Gasteiger partial charge in [-0.25, -0.2) is 0 Å². The summed E-state index contributed by atoms with van der Waals surface area (Å²) in [6, 6.07) is 13.1. The number of anilines is 1. The Hall–Kier alpha value is -2.83. The Balaban J connectivity index is 1.48. The van der Waals surface area contributed by atoms with Crippen LogP contribution in [0.25, 0.3) is 6.08 Å². The lowest BCUT2D eigenvalue weighted by atomic mass is 9.97. The van der Waals surface area contributed by atoms with E-state index in [1.54, 1.807) is 18.2 Å². The molecule has 1 atom stereocenters. The van der Waals surface area contributed by atoms with Gasteiger partial charge in [0.2, 0.25) is 5.91 Å². The molecule has 3 N–H and O–H groups in total. The minimum absolute atomic E-state index is 0.114. The number of fused-ring (bicyclic) bond motifs is 1. The second kappa shape index (κ2) is 8.90. The van der Waals surface area contributed by atoms with Gasteiger partial charge in [-0.05, 0) is 55.3 Å². The van der Waals surface area contributed by atoms with Crippen LogP contribution in [0.3, 0.4) is 0 Å². The molecule has 0 bridgehead atoms. The molecule has 30 heavy (non-hydrogen) atoms. The highest BCUT2D eigenvalue weighted by Gasteiger charge is 2.25. The van der Waals surface area contributed by atoms with Crippen LogP contribution in [0.4, 0.5) is 5.69 Å². The minimum atomic E-state index is -0.245. The molecule has 6 nitrogen and oxygen atoms in total. The highest BCUT2D eigenvalue weighted by molar-refractivity contribution is 6.30. The molecular formula is C23H24ClN3O3. The lowest BCUT2D eigenvalue weighted by Gasteiger charge is -2.31. The summed E-state index contributed by atoms with van der Waals surface area (Å²) in [5.41, 5.74) is 8.57. The number of nitrogens with two attached hydrogens (primary N) is 1. The highest BCUT2D eigenvalue weighted by atomic mass is 35.5. The summed E-state index contributed by atoms with van der Waals surface area (Å²) in [5.74, 6) is 0.148. The fourth-order valence-electron chi connectivity index (χ4n) is 3.93. The first-order valence-electron chi connectivity index (χ1n) is 10.0. The van der Waals surface area contributed by atoms with Crippen LogP contribution in [0, 0.1) is 5.92 Å². The number of piperidine rings is 1. The minimum Gasteiger partial charge on any atom is -0.488 e. The Kier molecular flexibility index (Phi) is 6.06. The molecule has 2 aliphatic heterocycles. The molecule has 7 heteroatoms. The quantitative estimate of drug-likeness (QED) is 0.768. The summed E-state index contributed by atoms with van der Waals surface area (Å²) in [4.78, 5) is 26.7. The van der Waals surface area contributed by atoms with Gasteiger partial charge in [0.15, 0.2) is 0 Å². The van der Waals surface area contributed by atoms with Crippen LogP contribution >= 0.6 is 11.6 Å². The molecular weight excluding hydrogens is 402 g/mol. The first-order valence-corrected chi connectivity index (χ1v) is 10.4. The number of hydrogen-bond acceptors (Lipinski definition) is 4. The van der Waals surface area contributed by atoms with Crippen LogP contribution in [0.2, 0.25) is 5.02 Å². The lowest BCUT2D eigenvalue weighted by molar-refractivity contribution is -0.123. The SMILES string of the molecule is NC(=O)C1CCCN(Cc2ccccc2NC(=O)C2=Cc3cc(Cl)ccc3OC2)C1. The van der Waals surface area contributed by atoms with E-state index in [-0.39, 0.29) is 24.3 Å².